The summed E-state index contributed by atoms with van der Waals surface area (Å²) < 4.78 is 4.72. The fourth-order valence-corrected chi connectivity index (χ4v) is 1.34. The Kier molecular flexibility index (Phi) is 3.62. The van der Waals surface area contributed by atoms with Crippen molar-refractivity contribution in [3.63, 3.8) is 0 Å². The van der Waals surface area contributed by atoms with Crippen LogP contribution in [0.2, 0.25) is 0 Å². The number of carboxylic acid groups (broad SMARTS) is 1. The van der Waals surface area contributed by atoms with Gasteiger partial charge in [-0.05, 0) is 0 Å². The summed E-state index contributed by atoms with van der Waals surface area (Å²) >= 11 is 0. The van der Waals surface area contributed by atoms with Gasteiger partial charge in [-0.25, -0.2) is 14.5 Å². The molecule has 0 saturated carbocycles. The molecule has 1 rings (SSSR count). The molecule has 0 spiro atoms. The Hall–Kier alpha value is -1.63. The maximum atomic E-state index is 11.2. The molecule has 1 unspecified atom stereocenters. The summed E-state index contributed by atoms with van der Waals surface area (Å²) in [7, 11) is 1.42. The first-order valence-electron chi connectivity index (χ1n) is 4.39. The van der Waals surface area contributed by atoms with Gasteiger partial charge in [-0.1, -0.05) is 0 Å². The quantitative estimate of drug-likeness (QED) is 0.576. The molecule has 0 aromatic carbocycles. The highest BCUT2D eigenvalue weighted by atomic mass is 16.5. The summed E-state index contributed by atoms with van der Waals surface area (Å²) in [5, 5.41) is 11.1. The van der Waals surface area contributed by atoms with Crippen molar-refractivity contribution in [3.05, 3.63) is 0 Å². The molecule has 0 aliphatic carbocycles. The summed E-state index contributed by atoms with van der Waals surface area (Å²) in [6.45, 7) is 0.0314. The van der Waals surface area contributed by atoms with Crippen molar-refractivity contribution in [1.82, 2.24) is 10.2 Å². The van der Waals surface area contributed by atoms with E-state index in [2.05, 4.69) is 5.32 Å². The van der Waals surface area contributed by atoms with Crippen LogP contribution in [0.3, 0.4) is 0 Å². The van der Waals surface area contributed by atoms with Crippen LogP contribution in [0, 0.1) is 0 Å². The van der Waals surface area contributed by atoms with Crippen molar-refractivity contribution < 1.29 is 24.2 Å². The van der Waals surface area contributed by atoms with Gasteiger partial charge in [0, 0.05) is 20.1 Å². The summed E-state index contributed by atoms with van der Waals surface area (Å²) in [4.78, 5) is 34.0. The van der Waals surface area contributed by atoms with Gasteiger partial charge in [0.15, 0.2) is 0 Å². The second kappa shape index (κ2) is 4.74. The predicted octanol–water partition coefficient (Wildman–Crippen LogP) is -0.972. The smallest absolute Gasteiger partial charge is 0.327 e. The Balaban J connectivity index is 2.74. The number of rotatable bonds is 5. The topological polar surface area (TPSA) is 95.9 Å². The zero-order valence-corrected chi connectivity index (χ0v) is 8.23. The Morgan fingerprint density at radius 1 is 1.67 bits per heavy atom. The van der Waals surface area contributed by atoms with Gasteiger partial charge in [0.1, 0.15) is 6.04 Å². The number of nitrogens with zero attached hydrogens (tertiary/aromatic N) is 1. The van der Waals surface area contributed by atoms with Gasteiger partial charge in [-0.2, -0.15) is 0 Å². The normalized spacial score (nSPS) is 17.8. The Bertz CT molecular complexity index is 275. The van der Waals surface area contributed by atoms with E-state index < -0.39 is 23.9 Å². The van der Waals surface area contributed by atoms with Crippen LogP contribution >= 0.6 is 0 Å². The van der Waals surface area contributed by atoms with Crippen LogP contribution in [0.15, 0.2) is 0 Å². The van der Waals surface area contributed by atoms with E-state index in [0.717, 1.165) is 4.90 Å². The van der Waals surface area contributed by atoms with Gasteiger partial charge in [-0.15, -0.1) is 0 Å². The van der Waals surface area contributed by atoms with E-state index in [4.69, 9.17) is 9.84 Å². The van der Waals surface area contributed by atoms with Crippen LogP contribution in [0.5, 0.6) is 0 Å². The highest BCUT2D eigenvalue weighted by Gasteiger charge is 2.38. The third kappa shape index (κ3) is 2.44. The molecule has 0 aromatic heterocycles. The van der Waals surface area contributed by atoms with E-state index in [1.54, 1.807) is 0 Å². The Morgan fingerprint density at radius 3 is 2.73 bits per heavy atom. The number of nitrogens with one attached hydrogen (secondary N) is 1. The number of amides is 3. The fourth-order valence-electron chi connectivity index (χ4n) is 1.34. The van der Waals surface area contributed by atoms with Crippen molar-refractivity contribution in [1.29, 1.82) is 0 Å². The Labute approximate surface area is 86.0 Å². The molecule has 0 radical (unpaired) electrons. The zero-order valence-electron chi connectivity index (χ0n) is 8.23. The standard InChI is InChI=1S/C8H12N2O5/c1-15-3-2-5(7(12)13)10-6(11)4-9-8(10)14/h5H,2-4H2,1H3,(H,9,14)(H,12,13). The molecule has 0 bridgehead atoms. The van der Waals surface area contributed by atoms with Crippen LogP contribution < -0.4 is 5.32 Å². The van der Waals surface area contributed by atoms with Crippen molar-refractivity contribution in [2.45, 2.75) is 12.5 Å². The number of carbonyl (C=O) groups excluding carboxylic acids is 2. The second-order valence-electron chi connectivity index (χ2n) is 3.06. The fraction of sp³-hybridized carbons (Fsp3) is 0.625. The van der Waals surface area contributed by atoms with E-state index in [1.807, 2.05) is 0 Å². The molecule has 3 amide bonds. The maximum Gasteiger partial charge on any atom is 0.327 e. The largest absolute Gasteiger partial charge is 0.480 e. The van der Waals surface area contributed by atoms with Crippen LogP contribution in [0.4, 0.5) is 4.79 Å². The zero-order chi connectivity index (χ0) is 11.4. The monoisotopic (exact) mass is 216 g/mol. The molecule has 1 atom stereocenters. The molecule has 1 fully saturated rings. The lowest BCUT2D eigenvalue weighted by Gasteiger charge is -2.20. The molecule has 15 heavy (non-hydrogen) atoms. The average molecular weight is 216 g/mol. The van der Waals surface area contributed by atoms with Crippen LogP contribution in [-0.4, -0.2) is 54.2 Å². The lowest BCUT2D eigenvalue weighted by Crippen LogP contribution is -2.45. The predicted molar refractivity (Wildman–Crippen MR) is 48.2 cm³/mol. The van der Waals surface area contributed by atoms with E-state index in [0.29, 0.717) is 0 Å². The maximum absolute atomic E-state index is 11.2. The molecule has 84 valence electrons. The number of carboxylic acids is 1. The number of ether oxygens (including phenoxy) is 1. The molecular weight excluding hydrogens is 204 g/mol. The Morgan fingerprint density at radius 2 is 2.33 bits per heavy atom. The minimum Gasteiger partial charge on any atom is -0.480 e. The molecule has 2 N–H and O–H groups in total. The number of aliphatic carboxylic acids is 1. The SMILES string of the molecule is COCCC(C(=O)O)N1C(=O)CNC1=O. The first-order valence-corrected chi connectivity index (χ1v) is 4.39. The minimum absolute atomic E-state index is 0.0883. The molecule has 0 aromatic rings. The van der Waals surface area contributed by atoms with Crippen LogP contribution in [0.25, 0.3) is 0 Å². The molecule has 1 aliphatic rings. The first-order chi connectivity index (χ1) is 7.07. The molecular formula is C8H12N2O5. The number of urea groups is 1. The van der Waals surface area contributed by atoms with Gasteiger partial charge < -0.3 is 15.2 Å². The van der Waals surface area contributed by atoms with Crippen LogP contribution in [0.1, 0.15) is 6.42 Å². The lowest BCUT2D eigenvalue weighted by molar-refractivity contribution is -0.146. The summed E-state index contributed by atoms with van der Waals surface area (Å²) in [5.41, 5.74) is 0. The number of carbonyl (C=O) groups is 3. The lowest BCUT2D eigenvalue weighted by atomic mass is 10.2. The summed E-state index contributed by atoms with van der Waals surface area (Å²) in [6, 6.07) is -1.82. The van der Waals surface area contributed by atoms with E-state index in [-0.39, 0.29) is 19.6 Å². The van der Waals surface area contributed by atoms with Crippen molar-refractivity contribution in [2.24, 2.45) is 0 Å². The van der Waals surface area contributed by atoms with Crippen molar-refractivity contribution in [2.75, 3.05) is 20.3 Å². The highest BCUT2D eigenvalue weighted by molar-refractivity contribution is 6.04. The van der Waals surface area contributed by atoms with E-state index >= 15 is 0 Å². The summed E-state index contributed by atoms with van der Waals surface area (Å²) in [5.74, 6) is -1.74. The number of imide groups is 1. The van der Waals surface area contributed by atoms with Gasteiger partial charge in [0.2, 0.25) is 0 Å². The number of methoxy groups -OCH3 is 1. The first kappa shape index (κ1) is 11.4. The molecule has 7 heteroatoms. The third-order valence-corrected chi connectivity index (χ3v) is 2.07. The molecule has 1 heterocycles. The molecule has 7 nitrogen and oxygen atoms in total. The van der Waals surface area contributed by atoms with Crippen LogP contribution in [-0.2, 0) is 14.3 Å². The van der Waals surface area contributed by atoms with Gasteiger partial charge in [0.05, 0.1) is 6.54 Å². The number of hydrogen-bond donors (Lipinski definition) is 2. The second-order valence-corrected chi connectivity index (χ2v) is 3.06. The summed E-state index contributed by atoms with van der Waals surface area (Å²) in [6.07, 6.45) is 0.0883. The van der Waals surface area contributed by atoms with Gasteiger partial charge in [0.25, 0.3) is 5.91 Å². The molecule has 1 saturated heterocycles. The minimum atomic E-state index is -1.21. The third-order valence-electron chi connectivity index (χ3n) is 2.07. The van der Waals surface area contributed by atoms with Crippen molar-refractivity contribution >= 4 is 17.9 Å². The van der Waals surface area contributed by atoms with E-state index in [9.17, 15) is 14.4 Å². The van der Waals surface area contributed by atoms with E-state index in [1.165, 1.54) is 7.11 Å². The average Bonchev–Trinajstić information content (AvgIpc) is 2.49. The highest BCUT2D eigenvalue weighted by Crippen LogP contribution is 2.10. The van der Waals surface area contributed by atoms with Gasteiger partial charge in [-0.3, -0.25) is 4.79 Å². The number of hydrogen-bond acceptors (Lipinski definition) is 4. The van der Waals surface area contributed by atoms with Gasteiger partial charge >= 0.3 is 12.0 Å². The molecule has 1 aliphatic heterocycles. The van der Waals surface area contributed by atoms with Crippen molar-refractivity contribution in [3.8, 4) is 0 Å².